The summed E-state index contributed by atoms with van der Waals surface area (Å²) in [6.07, 6.45) is 1.48. The number of para-hydroxylation sites is 1. The number of Topliss-reactive ketones (excluding diaryl/α,β-unsaturated/α-hetero) is 1. The Bertz CT molecular complexity index is 1420. The zero-order valence-corrected chi connectivity index (χ0v) is 18.7. The maximum absolute atomic E-state index is 13.3. The van der Waals surface area contributed by atoms with E-state index in [1.165, 1.54) is 37.4 Å². The van der Waals surface area contributed by atoms with Gasteiger partial charge in [-0.1, -0.05) is 29.8 Å². The first-order valence-corrected chi connectivity index (χ1v) is 11.6. The molecule has 0 atom stereocenters. The SMILES string of the molecule is CC(=O)c1ccc(NC(=O)Cn2cc(S(=O)(=O)c3ccc(Cl)cc3)c3ccccc32)cc1. The first kappa shape index (κ1) is 21.8. The van der Waals surface area contributed by atoms with E-state index < -0.39 is 9.84 Å². The van der Waals surface area contributed by atoms with E-state index >= 15 is 0 Å². The molecule has 1 N–H and O–H groups in total. The van der Waals surface area contributed by atoms with Gasteiger partial charge in [0.2, 0.25) is 15.7 Å². The number of fused-ring (bicyclic) bond motifs is 1. The Kier molecular flexibility index (Phi) is 5.86. The summed E-state index contributed by atoms with van der Waals surface area (Å²) in [4.78, 5) is 24.3. The average Bonchev–Trinajstić information content (AvgIpc) is 3.13. The number of hydrogen-bond acceptors (Lipinski definition) is 4. The second kappa shape index (κ2) is 8.61. The van der Waals surface area contributed by atoms with Crippen molar-refractivity contribution in [2.45, 2.75) is 23.3 Å². The largest absolute Gasteiger partial charge is 0.337 e. The minimum Gasteiger partial charge on any atom is -0.337 e. The van der Waals surface area contributed by atoms with Gasteiger partial charge >= 0.3 is 0 Å². The van der Waals surface area contributed by atoms with Gasteiger partial charge in [-0.25, -0.2) is 8.42 Å². The lowest BCUT2D eigenvalue weighted by atomic mass is 10.1. The topological polar surface area (TPSA) is 85.2 Å². The summed E-state index contributed by atoms with van der Waals surface area (Å²) in [5.74, 6) is -0.382. The minimum atomic E-state index is -3.81. The van der Waals surface area contributed by atoms with Gasteiger partial charge in [0, 0.05) is 33.4 Å². The number of nitrogens with zero attached hydrogens (tertiary/aromatic N) is 1. The van der Waals surface area contributed by atoms with Crippen LogP contribution in [0.4, 0.5) is 5.69 Å². The molecule has 1 aromatic heterocycles. The van der Waals surface area contributed by atoms with Crippen molar-refractivity contribution in [1.82, 2.24) is 4.57 Å². The van der Waals surface area contributed by atoms with E-state index in [-0.39, 0.29) is 28.0 Å². The van der Waals surface area contributed by atoms with Crippen molar-refractivity contribution in [2.24, 2.45) is 0 Å². The predicted molar refractivity (Wildman–Crippen MR) is 124 cm³/mol. The molecule has 0 spiro atoms. The molecule has 3 aromatic carbocycles. The van der Waals surface area contributed by atoms with Gasteiger partial charge in [-0.15, -0.1) is 0 Å². The summed E-state index contributed by atoms with van der Waals surface area (Å²) in [7, 11) is -3.81. The van der Waals surface area contributed by atoms with Crippen LogP contribution in [0.25, 0.3) is 10.9 Å². The Balaban J connectivity index is 1.65. The van der Waals surface area contributed by atoms with Crippen LogP contribution in [0.5, 0.6) is 0 Å². The second-order valence-electron chi connectivity index (χ2n) is 7.28. The average molecular weight is 467 g/mol. The van der Waals surface area contributed by atoms with E-state index in [1.807, 2.05) is 0 Å². The van der Waals surface area contributed by atoms with Gasteiger partial charge in [0.05, 0.1) is 9.79 Å². The van der Waals surface area contributed by atoms with Crippen molar-refractivity contribution < 1.29 is 18.0 Å². The van der Waals surface area contributed by atoms with Crippen molar-refractivity contribution in [3.8, 4) is 0 Å². The number of amides is 1. The zero-order chi connectivity index (χ0) is 22.9. The molecular formula is C24H19ClN2O4S. The van der Waals surface area contributed by atoms with Crippen LogP contribution in [-0.2, 0) is 21.2 Å². The first-order chi connectivity index (χ1) is 15.3. The van der Waals surface area contributed by atoms with Gasteiger partial charge in [-0.05, 0) is 61.5 Å². The molecule has 32 heavy (non-hydrogen) atoms. The lowest BCUT2D eigenvalue weighted by Gasteiger charge is -2.08. The Morgan fingerprint density at radius 1 is 0.938 bits per heavy atom. The van der Waals surface area contributed by atoms with Crippen LogP contribution in [0.1, 0.15) is 17.3 Å². The lowest BCUT2D eigenvalue weighted by Crippen LogP contribution is -2.18. The lowest BCUT2D eigenvalue weighted by molar-refractivity contribution is -0.116. The number of carbonyl (C=O) groups excluding carboxylic acids is 2. The van der Waals surface area contributed by atoms with E-state index in [2.05, 4.69) is 5.32 Å². The predicted octanol–water partition coefficient (Wildman–Crippen LogP) is 4.97. The van der Waals surface area contributed by atoms with Crippen LogP contribution in [0.3, 0.4) is 0 Å². The molecule has 4 rings (SSSR count). The summed E-state index contributed by atoms with van der Waals surface area (Å²) in [6.45, 7) is 1.39. The van der Waals surface area contributed by atoms with Crippen LogP contribution in [0.15, 0.2) is 88.8 Å². The highest BCUT2D eigenvalue weighted by Crippen LogP contribution is 2.30. The standard InChI is InChI=1S/C24H19ClN2O4S/c1-16(28)17-6-10-19(11-7-17)26-24(29)15-27-14-23(21-4-2-3-5-22(21)27)32(30,31)20-12-8-18(25)9-13-20/h2-14H,15H2,1H3,(H,26,29). The van der Waals surface area contributed by atoms with Crippen molar-refractivity contribution >= 4 is 49.7 Å². The summed E-state index contributed by atoms with van der Waals surface area (Å²) >= 11 is 5.89. The zero-order valence-electron chi connectivity index (χ0n) is 17.1. The third-order valence-electron chi connectivity index (χ3n) is 5.05. The summed E-state index contributed by atoms with van der Waals surface area (Å²) in [5.41, 5.74) is 1.73. The number of rotatable bonds is 6. The van der Waals surface area contributed by atoms with Crippen LogP contribution in [-0.4, -0.2) is 24.7 Å². The Hall–Kier alpha value is -3.42. The molecule has 0 aliphatic carbocycles. The van der Waals surface area contributed by atoms with E-state index in [0.29, 0.717) is 27.2 Å². The van der Waals surface area contributed by atoms with Crippen LogP contribution < -0.4 is 5.32 Å². The van der Waals surface area contributed by atoms with Gasteiger partial charge < -0.3 is 9.88 Å². The molecular weight excluding hydrogens is 448 g/mol. The second-order valence-corrected chi connectivity index (χ2v) is 9.63. The highest BCUT2D eigenvalue weighted by molar-refractivity contribution is 7.91. The molecule has 0 saturated heterocycles. The van der Waals surface area contributed by atoms with E-state index in [4.69, 9.17) is 11.6 Å². The molecule has 0 saturated carbocycles. The number of hydrogen-bond donors (Lipinski definition) is 1. The number of benzene rings is 3. The highest BCUT2D eigenvalue weighted by Gasteiger charge is 2.24. The number of halogens is 1. The molecule has 0 unspecified atom stereocenters. The number of ketones is 1. The monoisotopic (exact) mass is 466 g/mol. The van der Waals surface area contributed by atoms with Crippen LogP contribution in [0.2, 0.25) is 5.02 Å². The minimum absolute atomic E-state index is 0.0592. The molecule has 1 amide bonds. The molecule has 162 valence electrons. The number of carbonyl (C=O) groups is 2. The first-order valence-electron chi connectivity index (χ1n) is 9.75. The van der Waals surface area contributed by atoms with Crippen LogP contribution >= 0.6 is 11.6 Å². The molecule has 0 bridgehead atoms. The fourth-order valence-corrected chi connectivity index (χ4v) is 5.04. The van der Waals surface area contributed by atoms with Crippen LogP contribution in [0, 0.1) is 0 Å². The molecule has 0 aliphatic heterocycles. The Labute approximate surface area is 190 Å². The maximum Gasteiger partial charge on any atom is 0.244 e. The molecule has 0 radical (unpaired) electrons. The molecule has 4 aromatic rings. The summed E-state index contributed by atoms with van der Waals surface area (Å²) in [5, 5.41) is 3.74. The fraction of sp³-hybridized carbons (Fsp3) is 0.0833. The fourth-order valence-electron chi connectivity index (χ4n) is 3.44. The third-order valence-corrected chi connectivity index (χ3v) is 7.10. The van der Waals surface area contributed by atoms with Crippen molar-refractivity contribution in [3.63, 3.8) is 0 Å². The third kappa shape index (κ3) is 4.30. The smallest absolute Gasteiger partial charge is 0.244 e. The Morgan fingerprint density at radius 3 is 2.25 bits per heavy atom. The highest BCUT2D eigenvalue weighted by atomic mass is 35.5. The summed E-state index contributed by atoms with van der Waals surface area (Å²) in [6, 6.07) is 19.6. The van der Waals surface area contributed by atoms with E-state index in [0.717, 1.165) is 0 Å². The van der Waals surface area contributed by atoms with E-state index in [9.17, 15) is 18.0 Å². The quantitative estimate of drug-likeness (QED) is 0.406. The number of aromatic nitrogens is 1. The summed E-state index contributed by atoms with van der Waals surface area (Å²) < 4.78 is 28.1. The van der Waals surface area contributed by atoms with Crippen molar-refractivity contribution in [2.75, 3.05) is 5.32 Å². The van der Waals surface area contributed by atoms with Gasteiger partial charge in [-0.2, -0.15) is 0 Å². The van der Waals surface area contributed by atoms with Gasteiger partial charge in [0.15, 0.2) is 5.78 Å². The molecule has 0 aliphatic rings. The molecule has 1 heterocycles. The maximum atomic E-state index is 13.3. The van der Waals surface area contributed by atoms with Gasteiger partial charge in [0.1, 0.15) is 6.54 Å². The van der Waals surface area contributed by atoms with Gasteiger partial charge in [-0.3, -0.25) is 9.59 Å². The van der Waals surface area contributed by atoms with Crippen molar-refractivity contribution in [3.05, 3.63) is 89.6 Å². The molecule has 0 fully saturated rings. The normalized spacial score (nSPS) is 11.4. The van der Waals surface area contributed by atoms with Crippen molar-refractivity contribution in [1.29, 1.82) is 0 Å². The van der Waals surface area contributed by atoms with E-state index in [1.54, 1.807) is 53.1 Å². The number of anilines is 1. The number of nitrogens with one attached hydrogen (secondary N) is 1. The molecule has 8 heteroatoms. The molecule has 6 nitrogen and oxygen atoms in total. The number of sulfone groups is 1. The Morgan fingerprint density at radius 2 is 1.59 bits per heavy atom. The van der Waals surface area contributed by atoms with Gasteiger partial charge in [0.25, 0.3) is 0 Å².